The fourth-order valence-electron chi connectivity index (χ4n) is 3.65. The molecule has 0 bridgehead atoms. The Labute approximate surface area is 168 Å². The molecular formula is C22H30N2O3S. The molecule has 3 rings (SSSR count). The first-order valence-electron chi connectivity index (χ1n) is 9.91. The summed E-state index contributed by atoms with van der Waals surface area (Å²) in [5, 5.41) is 0. The Morgan fingerprint density at radius 2 is 1.71 bits per heavy atom. The van der Waals surface area contributed by atoms with Crippen molar-refractivity contribution >= 4 is 10.0 Å². The lowest BCUT2D eigenvalue weighted by Crippen LogP contribution is -2.28. The molecule has 1 saturated heterocycles. The van der Waals surface area contributed by atoms with Crippen molar-refractivity contribution in [2.75, 3.05) is 33.4 Å². The van der Waals surface area contributed by atoms with E-state index in [9.17, 15) is 8.42 Å². The van der Waals surface area contributed by atoms with E-state index in [0.29, 0.717) is 12.6 Å². The summed E-state index contributed by atoms with van der Waals surface area (Å²) in [7, 11) is -1.95. The van der Waals surface area contributed by atoms with Gasteiger partial charge in [0.2, 0.25) is 10.0 Å². The molecule has 0 aromatic heterocycles. The molecule has 0 saturated carbocycles. The van der Waals surface area contributed by atoms with Crippen LogP contribution < -0.4 is 4.72 Å². The lowest BCUT2D eigenvalue weighted by atomic mass is 10.0. The number of nitrogens with one attached hydrogen (secondary N) is 1. The zero-order valence-corrected chi connectivity index (χ0v) is 17.5. The Morgan fingerprint density at radius 3 is 2.29 bits per heavy atom. The molecular weight excluding hydrogens is 372 g/mol. The fourth-order valence-corrected chi connectivity index (χ4v) is 4.66. The fraction of sp³-hybridized carbons (Fsp3) is 0.455. The van der Waals surface area contributed by atoms with Gasteiger partial charge >= 0.3 is 0 Å². The molecule has 1 unspecified atom stereocenters. The van der Waals surface area contributed by atoms with Crippen molar-refractivity contribution < 1.29 is 13.2 Å². The zero-order chi connectivity index (χ0) is 20.0. The SMILES string of the molecule is COCCNS(=O)(=O)c1ccc(-c2ccc(CCN3CCCC3C)cc2)cc1. The van der Waals surface area contributed by atoms with Gasteiger partial charge in [0, 0.05) is 26.2 Å². The summed E-state index contributed by atoms with van der Waals surface area (Å²) < 4.78 is 31.9. The Hall–Kier alpha value is -1.73. The van der Waals surface area contributed by atoms with E-state index in [2.05, 4.69) is 40.8 Å². The van der Waals surface area contributed by atoms with E-state index in [0.717, 1.165) is 24.1 Å². The molecule has 1 atom stereocenters. The molecule has 0 spiro atoms. The third-order valence-electron chi connectivity index (χ3n) is 5.43. The van der Waals surface area contributed by atoms with Crippen LogP contribution in [0, 0.1) is 0 Å². The van der Waals surface area contributed by atoms with Gasteiger partial charge in [0.15, 0.2) is 0 Å². The van der Waals surface area contributed by atoms with Crippen molar-refractivity contribution in [3.05, 3.63) is 54.1 Å². The van der Waals surface area contributed by atoms with Crippen LogP contribution >= 0.6 is 0 Å². The van der Waals surface area contributed by atoms with Crippen LogP contribution in [0.15, 0.2) is 53.4 Å². The molecule has 2 aromatic carbocycles. The molecule has 1 fully saturated rings. The van der Waals surface area contributed by atoms with Gasteiger partial charge in [-0.2, -0.15) is 0 Å². The summed E-state index contributed by atoms with van der Waals surface area (Å²) in [5.41, 5.74) is 3.44. The quantitative estimate of drug-likeness (QED) is 0.654. The molecule has 1 aliphatic rings. The number of rotatable bonds is 9. The summed E-state index contributed by atoms with van der Waals surface area (Å²) in [5.74, 6) is 0. The van der Waals surface area contributed by atoms with Crippen molar-refractivity contribution in [1.82, 2.24) is 9.62 Å². The van der Waals surface area contributed by atoms with Crippen LogP contribution in [0.2, 0.25) is 0 Å². The summed E-state index contributed by atoms with van der Waals surface area (Å²) in [6, 6.07) is 16.3. The van der Waals surface area contributed by atoms with Crippen molar-refractivity contribution in [3.8, 4) is 11.1 Å². The number of methoxy groups -OCH3 is 1. The van der Waals surface area contributed by atoms with Crippen LogP contribution in [-0.4, -0.2) is 52.7 Å². The maximum absolute atomic E-state index is 12.2. The van der Waals surface area contributed by atoms with Crippen molar-refractivity contribution in [2.45, 2.75) is 37.1 Å². The van der Waals surface area contributed by atoms with Crippen molar-refractivity contribution in [2.24, 2.45) is 0 Å². The molecule has 0 radical (unpaired) electrons. The van der Waals surface area contributed by atoms with Crippen molar-refractivity contribution in [1.29, 1.82) is 0 Å². The molecule has 28 heavy (non-hydrogen) atoms. The average Bonchev–Trinajstić information content (AvgIpc) is 3.12. The molecule has 0 amide bonds. The first-order chi connectivity index (χ1) is 13.5. The minimum absolute atomic E-state index is 0.262. The number of benzene rings is 2. The molecule has 6 heteroatoms. The second-order valence-corrected chi connectivity index (χ2v) is 9.16. The molecule has 152 valence electrons. The van der Waals surface area contributed by atoms with Crippen LogP contribution in [0.4, 0.5) is 0 Å². The summed E-state index contributed by atoms with van der Waals surface area (Å²) in [4.78, 5) is 2.83. The normalized spacial score (nSPS) is 17.9. The van der Waals surface area contributed by atoms with Gasteiger partial charge in [0.1, 0.15) is 0 Å². The Morgan fingerprint density at radius 1 is 1.07 bits per heavy atom. The number of ether oxygens (including phenoxy) is 1. The van der Waals surface area contributed by atoms with Gasteiger partial charge in [0.25, 0.3) is 0 Å². The van der Waals surface area contributed by atoms with Crippen LogP contribution in [0.3, 0.4) is 0 Å². The monoisotopic (exact) mass is 402 g/mol. The van der Waals surface area contributed by atoms with Gasteiger partial charge in [-0.25, -0.2) is 13.1 Å². The minimum Gasteiger partial charge on any atom is -0.383 e. The highest BCUT2D eigenvalue weighted by Gasteiger charge is 2.19. The Kier molecular flexibility index (Phi) is 7.24. The van der Waals surface area contributed by atoms with Gasteiger partial charge in [-0.1, -0.05) is 36.4 Å². The summed E-state index contributed by atoms with van der Waals surface area (Å²) in [6.45, 7) is 5.25. The molecule has 1 N–H and O–H groups in total. The van der Waals surface area contributed by atoms with E-state index >= 15 is 0 Å². The molecule has 1 heterocycles. The number of likely N-dealkylation sites (tertiary alicyclic amines) is 1. The maximum atomic E-state index is 12.2. The van der Waals surface area contributed by atoms with Crippen LogP contribution in [-0.2, 0) is 21.2 Å². The van der Waals surface area contributed by atoms with E-state index in [1.54, 1.807) is 19.2 Å². The second-order valence-electron chi connectivity index (χ2n) is 7.39. The van der Waals surface area contributed by atoms with Gasteiger partial charge in [-0.15, -0.1) is 0 Å². The highest BCUT2D eigenvalue weighted by atomic mass is 32.2. The lowest BCUT2D eigenvalue weighted by Gasteiger charge is -2.20. The first kappa shape index (κ1) is 21.0. The van der Waals surface area contributed by atoms with E-state index in [1.807, 2.05) is 12.1 Å². The predicted octanol–water partition coefficient (Wildman–Crippen LogP) is 3.31. The molecule has 0 aliphatic carbocycles. The standard InChI is InChI=1S/C22H30N2O3S/c1-18-4-3-15-24(18)16-13-19-5-7-20(8-6-19)21-9-11-22(12-10-21)28(25,26)23-14-17-27-2/h5-12,18,23H,3-4,13-17H2,1-2H3. The van der Waals surface area contributed by atoms with Gasteiger partial charge in [-0.3, -0.25) is 0 Å². The number of nitrogens with zero attached hydrogens (tertiary/aromatic N) is 1. The molecule has 5 nitrogen and oxygen atoms in total. The smallest absolute Gasteiger partial charge is 0.240 e. The second kappa shape index (κ2) is 9.65. The van der Waals surface area contributed by atoms with Crippen molar-refractivity contribution in [3.63, 3.8) is 0 Å². The predicted molar refractivity (Wildman–Crippen MR) is 113 cm³/mol. The van der Waals surface area contributed by atoms with E-state index < -0.39 is 10.0 Å². The average molecular weight is 403 g/mol. The van der Waals surface area contributed by atoms with E-state index in [4.69, 9.17) is 4.74 Å². The highest BCUT2D eigenvalue weighted by molar-refractivity contribution is 7.89. The van der Waals surface area contributed by atoms with Gasteiger partial charge in [-0.05, 0) is 61.6 Å². The number of hydrogen-bond donors (Lipinski definition) is 1. The number of sulfonamides is 1. The molecule has 1 aliphatic heterocycles. The van der Waals surface area contributed by atoms with Gasteiger partial charge < -0.3 is 9.64 Å². The zero-order valence-electron chi connectivity index (χ0n) is 16.7. The number of hydrogen-bond acceptors (Lipinski definition) is 4. The first-order valence-corrected chi connectivity index (χ1v) is 11.4. The Bertz CT molecular complexity index is 848. The minimum atomic E-state index is -3.49. The van der Waals surface area contributed by atoms with E-state index in [1.165, 1.54) is 24.9 Å². The molecule has 2 aromatic rings. The lowest BCUT2D eigenvalue weighted by molar-refractivity contribution is 0.204. The highest BCUT2D eigenvalue weighted by Crippen LogP contribution is 2.23. The van der Waals surface area contributed by atoms with Crippen LogP contribution in [0.5, 0.6) is 0 Å². The third-order valence-corrected chi connectivity index (χ3v) is 6.91. The van der Waals surface area contributed by atoms with E-state index in [-0.39, 0.29) is 11.4 Å². The summed E-state index contributed by atoms with van der Waals surface area (Å²) >= 11 is 0. The topological polar surface area (TPSA) is 58.6 Å². The Balaban J connectivity index is 1.60. The van der Waals surface area contributed by atoms with Crippen LogP contribution in [0.25, 0.3) is 11.1 Å². The maximum Gasteiger partial charge on any atom is 0.240 e. The third kappa shape index (κ3) is 5.41. The largest absolute Gasteiger partial charge is 0.383 e. The van der Waals surface area contributed by atoms with Crippen LogP contribution in [0.1, 0.15) is 25.3 Å². The van der Waals surface area contributed by atoms with Gasteiger partial charge in [0.05, 0.1) is 11.5 Å². The summed E-state index contributed by atoms with van der Waals surface area (Å²) in [6.07, 6.45) is 3.69.